The Morgan fingerprint density at radius 3 is 2.50 bits per heavy atom. The van der Waals surface area contributed by atoms with E-state index in [4.69, 9.17) is 6.42 Å². The quantitative estimate of drug-likeness (QED) is 0.349. The van der Waals surface area contributed by atoms with Crippen molar-refractivity contribution in [2.75, 3.05) is 6.54 Å². The van der Waals surface area contributed by atoms with Gasteiger partial charge in [0, 0.05) is 17.7 Å². The minimum atomic E-state index is -0.0549. The third-order valence-corrected chi connectivity index (χ3v) is 6.45. The monoisotopic (exact) mass is 417 g/mol. The zero-order valence-corrected chi connectivity index (χ0v) is 18.2. The summed E-state index contributed by atoms with van der Waals surface area (Å²) in [5, 5.41) is 13.2. The molecule has 3 nitrogen and oxygen atoms in total. The molecule has 1 fully saturated rings. The molecule has 2 aliphatic rings. The van der Waals surface area contributed by atoms with Crippen LogP contribution < -0.4 is 16.0 Å². The number of terminal acetylenes is 1. The van der Waals surface area contributed by atoms with Crippen LogP contribution in [0, 0.1) is 12.3 Å². The van der Waals surface area contributed by atoms with Crippen LogP contribution in [0.3, 0.4) is 0 Å². The maximum atomic E-state index is 5.37. The number of nitrogens with one attached hydrogen (secondary N) is 3. The Kier molecular flexibility index (Phi) is 4.99. The van der Waals surface area contributed by atoms with Crippen LogP contribution in [0.25, 0.3) is 16.5 Å². The third-order valence-electron chi connectivity index (χ3n) is 6.45. The average Bonchev–Trinajstić information content (AvgIpc) is 3.53. The Morgan fingerprint density at radius 2 is 1.69 bits per heavy atom. The Balaban J connectivity index is 1.50. The molecule has 1 saturated carbocycles. The van der Waals surface area contributed by atoms with Crippen LogP contribution >= 0.6 is 0 Å². The summed E-state index contributed by atoms with van der Waals surface area (Å²) in [6.07, 6.45) is 8.41. The topological polar surface area (TPSA) is 36.1 Å². The lowest BCUT2D eigenvalue weighted by Gasteiger charge is -2.24. The highest BCUT2D eigenvalue weighted by atomic mass is 15.1. The van der Waals surface area contributed by atoms with Crippen LogP contribution in [0.5, 0.6) is 0 Å². The van der Waals surface area contributed by atoms with E-state index in [1.165, 1.54) is 27.5 Å². The number of fused-ring (bicyclic) bond motifs is 2. The Hall–Kier alpha value is -3.90. The summed E-state index contributed by atoms with van der Waals surface area (Å²) in [5.74, 6) is 2.58. The van der Waals surface area contributed by atoms with Crippen molar-refractivity contribution >= 4 is 16.5 Å². The van der Waals surface area contributed by atoms with Gasteiger partial charge in [-0.15, -0.1) is 6.42 Å². The van der Waals surface area contributed by atoms with Crippen molar-refractivity contribution in [1.82, 2.24) is 16.0 Å². The smallest absolute Gasteiger partial charge is 0.0763 e. The Labute approximate surface area is 189 Å². The molecule has 3 aromatic rings. The van der Waals surface area contributed by atoms with Gasteiger partial charge in [-0.25, -0.2) is 0 Å². The Morgan fingerprint density at radius 1 is 0.938 bits per heavy atom. The van der Waals surface area contributed by atoms with E-state index in [1.54, 1.807) is 0 Å². The summed E-state index contributed by atoms with van der Waals surface area (Å²) < 4.78 is 0. The van der Waals surface area contributed by atoms with Crippen molar-refractivity contribution in [3.63, 3.8) is 0 Å². The molecule has 2 aliphatic carbocycles. The van der Waals surface area contributed by atoms with Gasteiger partial charge < -0.3 is 16.0 Å². The molecule has 0 unspecified atom stereocenters. The van der Waals surface area contributed by atoms with Gasteiger partial charge in [0.1, 0.15) is 0 Å². The van der Waals surface area contributed by atoms with Crippen LogP contribution in [0.2, 0.25) is 0 Å². The zero-order valence-electron chi connectivity index (χ0n) is 18.2. The standard InChI is InChI=1S/C29H27N3/c1-4-18-30-20(2)21(3)31-27-19-23-11-6-8-14-25(23)28(27)32-29(16-17-29)26-15-9-12-22-10-5-7-13-24(22)26/h1,5-15,30-32H,2-3,16-19H2. The summed E-state index contributed by atoms with van der Waals surface area (Å²) in [4.78, 5) is 0. The molecule has 0 aliphatic heterocycles. The molecule has 0 aromatic heterocycles. The molecule has 0 spiro atoms. The van der Waals surface area contributed by atoms with Gasteiger partial charge in [-0.1, -0.05) is 85.8 Å². The van der Waals surface area contributed by atoms with Gasteiger partial charge in [0.05, 0.1) is 29.2 Å². The predicted octanol–water partition coefficient (Wildman–Crippen LogP) is 5.18. The fraction of sp³-hybridized carbons (Fsp3) is 0.172. The summed E-state index contributed by atoms with van der Waals surface area (Å²) >= 11 is 0. The number of hydrogen-bond donors (Lipinski definition) is 3. The second-order valence-corrected chi connectivity index (χ2v) is 8.56. The lowest BCUT2D eigenvalue weighted by molar-refractivity contribution is 0.632. The first kappa shape index (κ1) is 20.0. The summed E-state index contributed by atoms with van der Waals surface area (Å²) in [7, 11) is 0. The van der Waals surface area contributed by atoms with Crippen LogP contribution in [0.1, 0.15) is 29.5 Å². The first-order chi connectivity index (χ1) is 15.6. The third kappa shape index (κ3) is 3.55. The maximum Gasteiger partial charge on any atom is 0.0763 e. The molecule has 3 heteroatoms. The maximum absolute atomic E-state index is 5.37. The van der Waals surface area contributed by atoms with Crippen molar-refractivity contribution in [2.45, 2.75) is 24.8 Å². The van der Waals surface area contributed by atoms with Gasteiger partial charge in [0.15, 0.2) is 0 Å². The number of benzene rings is 3. The average molecular weight is 418 g/mol. The van der Waals surface area contributed by atoms with E-state index in [0.717, 1.165) is 36.4 Å². The largest absolute Gasteiger partial charge is 0.374 e. The number of hydrogen-bond acceptors (Lipinski definition) is 3. The molecular formula is C29H27N3. The van der Waals surface area contributed by atoms with Crippen LogP contribution in [0.4, 0.5) is 0 Å². The molecule has 0 bridgehead atoms. The molecule has 3 N–H and O–H groups in total. The molecule has 158 valence electrons. The van der Waals surface area contributed by atoms with Crippen LogP contribution in [-0.4, -0.2) is 6.54 Å². The Bertz CT molecular complexity index is 1300. The second kappa shape index (κ2) is 7.98. The highest BCUT2D eigenvalue weighted by Gasteiger charge is 2.46. The van der Waals surface area contributed by atoms with Gasteiger partial charge in [-0.3, -0.25) is 0 Å². The van der Waals surface area contributed by atoms with Crippen LogP contribution in [0.15, 0.2) is 97.0 Å². The molecule has 3 aromatic carbocycles. The summed E-state index contributed by atoms with van der Waals surface area (Å²) in [5.41, 5.74) is 7.57. The van der Waals surface area contributed by atoms with Gasteiger partial charge >= 0.3 is 0 Å². The summed E-state index contributed by atoms with van der Waals surface area (Å²) in [6, 6.07) is 23.8. The van der Waals surface area contributed by atoms with Gasteiger partial charge in [0.25, 0.3) is 0 Å². The fourth-order valence-corrected chi connectivity index (χ4v) is 4.60. The van der Waals surface area contributed by atoms with E-state index in [-0.39, 0.29) is 5.54 Å². The van der Waals surface area contributed by atoms with E-state index in [1.807, 2.05) is 0 Å². The normalized spacial score (nSPS) is 15.6. The van der Waals surface area contributed by atoms with Crippen molar-refractivity contribution in [3.8, 4) is 12.3 Å². The van der Waals surface area contributed by atoms with Gasteiger partial charge in [-0.2, -0.15) is 0 Å². The number of allylic oxidation sites excluding steroid dienone is 1. The molecule has 0 atom stereocenters. The molecule has 5 rings (SSSR count). The molecule has 0 saturated heterocycles. The summed E-state index contributed by atoms with van der Waals surface area (Å²) in [6.45, 7) is 8.67. The first-order valence-electron chi connectivity index (χ1n) is 11.0. The zero-order chi connectivity index (χ0) is 22.1. The lowest BCUT2D eigenvalue weighted by atomic mass is 9.96. The van der Waals surface area contributed by atoms with E-state index in [9.17, 15) is 0 Å². The molecule has 0 radical (unpaired) electrons. The lowest BCUT2D eigenvalue weighted by Crippen LogP contribution is -2.30. The molecule has 0 amide bonds. The van der Waals surface area contributed by atoms with Crippen molar-refractivity contribution in [2.24, 2.45) is 0 Å². The van der Waals surface area contributed by atoms with Crippen molar-refractivity contribution < 1.29 is 0 Å². The molecule has 32 heavy (non-hydrogen) atoms. The number of rotatable bonds is 8. The highest BCUT2D eigenvalue weighted by molar-refractivity contribution is 5.87. The van der Waals surface area contributed by atoms with E-state index >= 15 is 0 Å². The van der Waals surface area contributed by atoms with Gasteiger partial charge in [-0.05, 0) is 34.7 Å². The van der Waals surface area contributed by atoms with E-state index < -0.39 is 0 Å². The SMILES string of the molecule is C#CCNC(=C)C(=C)NC1=C(NC2(c3cccc4ccccc34)CC2)c2ccccc2C1. The highest BCUT2D eigenvalue weighted by Crippen LogP contribution is 2.50. The van der Waals surface area contributed by atoms with Crippen molar-refractivity contribution in [3.05, 3.63) is 114 Å². The fourth-order valence-electron chi connectivity index (χ4n) is 4.60. The minimum Gasteiger partial charge on any atom is -0.374 e. The van der Waals surface area contributed by atoms with Gasteiger partial charge in [0.2, 0.25) is 0 Å². The first-order valence-corrected chi connectivity index (χ1v) is 11.0. The van der Waals surface area contributed by atoms with E-state index in [0.29, 0.717) is 12.2 Å². The molecular weight excluding hydrogens is 390 g/mol. The minimum absolute atomic E-state index is 0.0549. The van der Waals surface area contributed by atoms with E-state index in [2.05, 4.69) is 102 Å². The van der Waals surface area contributed by atoms with Crippen molar-refractivity contribution in [1.29, 1.82) is 0 Å². The second-order valence-electron chi connectivity index (χ2n) is 8.56. The predicted molar refractivity (Wildman–Crippen MR) is 133 cm³/mol. The van der Waals surface area contributed by atoms with Crippen LogP contribution in [-0.2, 0) is 12.0 Å². The molecule has 0 heterocycles.